The highest BCUT2D eigenvalue weighted by Gasteiger charge is 2.37. The minimum Gasteiger partial charge on any atom is -0.481 e. The molecule has 1 saturated carbocycles. The van der Waals surface area contributed by atoms with Crippen LogP contribution >= 0.6 is 0 Å². The third kappa shape index (κ3) is 3.48. The first-order chi connectivity index (χ1) is 7.87. The molecular weight excluding hydrogens is 218 g/mol. The minimum atomic E-state index is -0.886. The van der Waals surface area contributed by atoms with Crippen LogP contribution in [0.15, 0.2) is 0 Å². The van der Waals surface area contributed by atoms with Gasteiger partial charge in [-0.05, 0) is 26.7 Å². The van der Waals surface area contributed by atoms with Crippen LogP contribution in [0, 0.1) is 24.2 Å². The van der Waals surface area contributed by atoms with Gasteiger partial charge in [-0.2, -0.15) is 0 Å². The molecule has 0 aromatic rings. The second kappa shape index (κ2) is 5.22. The molecule has 4 heteroatoms. The molecule has 0 aliphatic heterocycles. The molecule has 1 aliphatic rings. The van der Waals surface area contributed by atoms with Gasteiger partial charge in [0.05, 0.1) is 17.4 Å². The van der Waals surface area contributed by atoms with Gasteiger partial charge in [-0.1, -0.05) is 18.8 Å². The Morgan fingerprint density at radius 1 is 1.29 bits per heavy atom. The number of carbonyl (C=O) groups is 2. The third-order valence-corrected chi connectivity index (χ3v) is 3.22. The van der Waals surface area contributed by atoms with Crippen molar-refractivity contribution < 1.29 is 14.7 Å². The molecule has 2 atom stereocenters. The molecule has 0 unspecified atom stereocenters. The van der Waals surface area contributed by atoms with Gasteiger partial charge in [0.2, 0.25) is 5.91 Å². The summed E-state index contributed by atoms with van der Waals surface area (Å²) in [6.07, 6.45) is 8.27. The van der Waals surface area contributed by atoms with Gasteiger partial charge in [-0.25, -0.2) is 0 Å². The number of carbonyl (C=O) groups excluding carboxylic acids is 1. The van der Waals surface area contributed by atoms with Crippen LogP contribution in [0.2, 0.25) is 0 Å². The Bertz CT molecular complexity index is 354. The molecule has 1 aliphatic carbocycles. The number of terminal acetylenes is 1. The predicted octanol–water partition coefficient (Wildman–Crippen LogP) is 1.41. The summed E-state index contributed by atoms with van der Waals surface area (Å²) in [6, 6.07) is 0. The van der Waals surface area contributed by atoms with Gasteiger partial charge in [-0.15, -0.1) is 6.42 Å². The molecule has 0 heterocycles. The number of hydrogen-bond acceptors (Lipinski definition) is 2. The van der Waals surface area contributed by atoms with Gasteiger partial charge in [0.15, 0.2) is 0 Å². The maximum absolute atomic E-state index is 12.0. The molecule has 2 N–H and O–H groups in total. The smallest absolute Gasteiger partial charge is 0.307 e. The molecule has 0 bridgehead atoms. The normalized spacial score (nSPS) is 24.8. The largest absolute Gasteiger partial charge is 0.481 e. The summed E-state index contributed by atoms with van der Waals surface area (Å²) in [6.45, 7) is 3.45. The fourth-order valence-electron chi connectivity index (χ4n) is 2.18. The zero-order chi connectivity index (χ0) is 13.1. The van der Waals surface area contributed by atoms with Gasteiger partial charge in [0.1, 0.15) is 0 Å². The molecule has 0 saturated heterocycles. The average Bonchev–Trinajstić information content (AvgIpc) is 2.28. The highest BCUT2D eigenvalue weighted by atomic mass is 16.4. The summed E-state index contributed by atoms with van der Waals surface area (Å²) >= 11 is 0. The maximum atomic E-state index is 12.0. The van der Waals surface area contributed by atoms with E-state index in [-0.39, 0.29) is 5.91 Å². The number of amides is 1. The van der Waals surface area contributed by atoms with Crippen LogP contribution in [0.4, 0.5) is 0 Å². The van der Waals surface area contributed by atoms with Crippen LogP contribution in [-0.4, -0.2) is 22.5 Å². The van der Waals surface area contributed by atoms with Crippen molar-refractivity contribution in [1.82, 2.24) is 5.32 Å². The number of aliphatic carboxylic acids is 1. The zero-order valence-electron chi connectivity index (χ0n) is 10.3. The number of rotatable bonds is 3. The summed E-state index contributed by atoms with van der Waals surface area (Å²) < 4.78 is 0. The van der Waals surface area contributed by atoms with E-state index in [0.717, 1.165) is 12.8 Å². The Morgan fingerprint density at radius 2 is 1.82 bits per heavy atom. The lowest BCUT2D eigenvalue weighted by atomic mass is 9.78. The number of nitrogens with one attached hydrogen (secondary N) is 1. The van der Waals surface area contributed by atoms with Gasteiger partial charge in [0, 0.05) is 0 Å². The quantitative estimate of drug-likeness (QED) is 0.729. The van der Waals surface area contributed by atoms with Gasteiger partial charge in [-0.3, -0.25) is 9.59 Å². The van der Waals surface area contributed by atoms with Crippen LogP contribution < -0.4 is 5.32 Å². The Kier molecular flexibility index (Phi) is 4.17. The van der Waals surface area contributed by atoms with Crippen LogP contribution in [0.1, 0.15) is 39.5 Å². The number of carboxylic acid groups (broad SMARTS) is 1. The predicted molar refractivity (Wildman–Crippen MR) is 64.1 cm³/mol. The molecule has 0 aromatic heterocycles. The average molecular weight is 237 g/mol. The summed E-state index contributed by atoms with van der Waals surface area (Å²) in [5.74, 6) is 0.332. The maximum Gasteiger partial charge on any atom is 0.307 e. The van der Waals surface area contributed by atoms with E-state index in [9.17, 15) is 9.59 Å². The Hall–Kier alpha value is -1.50. The van der Waals surface area contributed by atoms with Gasteiger partial charge < -0.3 is 10.4 Å². The second-order valence-electron chi connectivity index (χ2n) is 5.09. The lowest BCUT2D eigenvalue weighted by molar-refractivity contribution is -0.149. The molecule has 4 nitrogen and oxygen atoms in total. The van der Waals surface area contributed by atoms with Gasteiger partial charge >= 0.3 is 5.97 Å². The Morgan fingerprint density at radius 3 is 2.29 bits per heavy atom. The number of hydrogen-bond donors (Lipinski definition) is 2. The van der Waals surface area contributed by atoms with Crippen molar-refractivity contribution in [3.05, 3.63) is 0 Å². The van der Waals surface area contributed by atoms with Crippen molar-refractivity contribution in [3.63, 3.8) is 0 Å². The molecule has 17 heavy (non-hydrogen) atoms. The molecule has 0 aromatic carbocycles. The van der Waals surface area contributed by atoms with Crippen LogP contribution in [0.25, 0.3) is 0 Å². The van der Waals surface area contributed by atoms with E-state index in [0.29, 0.717) is 12.8 Å². The van der Waals surface area contributed by atoms with E-state index in [2.05, 4.69) is 11.2 Å². The van der Waals surface area contributed by atoms with E-state index >= 15 is 0 Å². The first kappa shape index (κ1) is 13.6. The molecule has 1 amide bonds. The first-order valence-electron chi connectivity index (χ1n) is 5.90. The monoisotopic (exact) mass is 237 g/mol. The first-order valence-corrected chi connectivity index (χ1v) is 5.90. The molecule has 1 fully saturated rings. The van der Waals surface area contributed by atoms with Crippen molar-refractivity contribution in [1.29, 1.82) is 0 Å². The van der Waals surface area contributed by atoms with Crippen LogP contribution in [-0.2, 0) is 9.59 Å². The van der Waals surface area contributed by atoms with E-state index in [1.54, 1.807) is 13.8 Å². The van der Waals surface area contributed by atoms with E-state index < -0.39 is 23.3 Å². The highest BCUT2D eigenvalue weighted by molar-refractivity contribution is 5.85. The summed E-state index contributed by atoms with van der Waals surface area (Å²) in [4.78, 5) is 23.1. The van der Waals surface area contributed by atoms with Crippen molar-refractivity contribution in [2.24, 2.45) is 11.8 Å². The Balaban J connectivity index is 2.73. The minimum absolute atomic E-state index is 0.236. The molecular formula is C13H19NO3. The number of carboxylic acids is 1. The zero-order valence-corrected chi connectivity index (χ0v) is 10.3. The van der Waals surface area contributed by atoms with E-state index in [4.69, 9.17) is 11.5 Å². The summed E-state index contributed by atoms with van der Waals surface area (Å²) in [5.41, 5.74) is -0.725. The fourth-order valence-corrected chi connectivity index (χ4v) is 2.18. The van der Waals surface area contributed by atoms with E-state index in [1.807, 2.05) is 0 Å². The third-order valence-electron chi connectivity index (χ3n) is 3.22. The fraction of sp³-hybridized carbons (Fsp3) is 0.692. The lowest BCUT2D eigenvalue weighted by Crippen LogP contribution is -2.48. The van der Waals surface area contributed by atoms with Crippen molar-refractivity contribution >= 4 is 11.9 Å². The molecule has 0 radical (unpaired) electrons. The standard InChI is InChI=1S/C13H19NO3/c1-4-13(2,3)14-11(15)9-7-5-6-8-10(9)12(16)17/h1,9-10H,5-8H2,2-3H3,(H,14,15)(H,16,17)/t9-,10+/m1/s1. The molecule has 0 spiro atoms. The Labute approximate surface area is 102 Å². The van der Waals surface area contributed by atoms with Crippen LogP contribution in [0.5, 0.6) is 0 Å². The highest BCUT2D eigenvalue weighted by Crippen LogP contribution is 2.30. The van der Waals surface area contributed by atoms with Crippen LogP contribution in [0.3, 0.4) is 0 Å². The van der Waals surface area contributed by atoms with E-state index in [1.165, 1.54) is 0 Å². The SMILES string of the molecule is C#CC(C)(C)NC(=O)[C@@H]1CCCC[C@@H]1C(=O)O. The topological polar surface area (TPSA) is 66.4 Å². The van der Waals surface area contributed by atoms with Crippen molar-refractivity contribution in [3.8, 4) is 12.3 Å². The second-order valence-corrected chi connectivity index (χ2v) is 5.09. The molecule has 1 rings (SSSR count). The molecule has 94 valence electrons. The van der Waals surface area contributed by atoms with Gasteiger partial charge in [0.25, 0.3) is 0 Å². The van der Waals surface area contributed by atoms with Crippen molar-refractivity contribution in [2.75, 3.05) is 0 Å². The lowest BCUT2D eigenvalue weighted by Gasteiger charge is -2.30. The summed E-state index contributed by atoms with van der Waals surface area (Å²) in [7, 11) is 0. The van der Waals surface area contributed by atoms with Crippen molar-refractivity contribution in [2.45, 2.75) is 45.1 Å². The summed E-state index contributed by atoms with van der Waals surface area (Å²) in [5, 5.41) is 11.8.